The molecule has 2 heterocycles. The Balaban J connectivity index is 1.97. The molecule has 0 aliphatic carbocycles. The molecule has 0 saturated carbocycles. The van der Waals surface area contributed by atoms with Gasteiger partial charge >= 0.3 is 0 Å². The lowest BCUT2D eigenvalue weighted by molar-refractivity contribution is -0.00598. The lowest BCUT2D eigenvalue weighted by Gasteiger charge is -2.27. The third-order valence-corrected chi connectivity index (χ3v) is 3.27. The van der Waals surface area contributed by atoms with Crippen LogP contribution in [0, 0.1) is 0 Å². The Morgan fingerprint density at radius 3 is 2.71 bits per heavy atom. The summed E-state index contributed by atoms with van der Waals surface area (Å²) in [6.45, 7) is 2.37. The van der Waals surface area contributed by atoms with Gasteiger partial charge in [0.25, 0.3) is 0 Å². The Kier molecular flexibility index (Phi) is 3.02. The second-order valence-electron chi connectivity index (χ2n) is 3.45. The van der Waals surface area contributed by atoms with Gasteiger partial charge in [0, 0.05) is 19.3 Å². The minimum Gasteiger partial charge on any atom is -0.378 e. The van der Waals surface area contributed by atoms with Crippen LogP contribution < -0.4 is 5.32 Å². The first-order valence-corrected chi connectivity index (χ1v) is 5.25. The van der Waals surface area contributed by atoms with Crippen molar-refractivity contribution < 1.29 is 4.74 Å². The van der Waals surface area contributed by atoms with Crippen LogP contribution in [0.5, 0.6) is 0 Å². The molecule has 0 spiro atoms. The Bertz CT molecular complexity index is 334. The van der Waals surface area contributed by atoms with E-state index in [1.165, 1.54) is 0 Å². The summed E-state index contributed by atoms with van der Waals surface area (Å²) in [6, 6.07) is 2.36. The maximum absolute atomic E-state index is 5.94. The largest absolute Gasteiger partial charge is 0.378 e. The van der Waals surface area contributed by atoms with Crippen LogP contribution in [-0.4, -0.2) is 23.8 Å². The number of hydrogen-bond donors (Lipinski definition) is 1. The standard InChI is InChI=1S/C9H12Cl2N2O/c1-13-7(2-8(10)9(13)11)3-12-6-4-14-5-6/h2,6,12H,3-5H2,1H3. The van der Waals surface area contributed by atoms with E-state index in [1.807, 2.05) is 17.7 Å². The molecule has 1 fully saturated rings. The maximum atomic E-state index is 5.94. The van der Waals surface area contributed by atoms with Crippen LogP contribution in [0.4, 0.5) is 0 Å². The second kappa shape index (κ2) is 4.11. The van der Waals surface area contributed by atoms with Gasteiger partial charge in [-0.1, -0.05) is 23.2 Å². The van der Waals surface area contributed by atoms with Gasteiger partial charge in [0.05, 0.1) is 24.3 Å². The first kappa shape index (κ1) is 10.3. The van der Waals surface area contributed by atoms with E-state index in [4.69, 9.17) is 27.9 Å². The van der Waals surface area contributed by atoms with Crippen molar-refractivity contribution >= 4 is 23.2 Å². The molecular weight excluding hydrogens is 223 g/mol. The maximum Gasteiger partial charge on any atom is 0.127 e. The van der Waals surface area contributed by atoms with E-state index in [2.05, 4.69) is 5.32 Å². The first-order valence-electron chi connectivity index (χ1n) is 4.49. The summed E-state index contributed by atoms with van der Waals surface area (Å²) >= 11 is 11.8. The van der Waals surface area contributed by atoms with Crippen LogP contribution >= 0.6 is 23.2 Å². The molecule has 3 nitrogen and oxygen atoms in total. The van der Waals surface area contributed by atoms with E-state index >= 15 is 0 Å². The third-order valence-electron chi connectivity index (χ3n) is 2.43. The Labute approximate surface area is 92.9 Å². The predicted molar refractivity (Wildman–Crippen MR) is 56.9 cm³/mol. The van der Waals surface area contributed by atoms with E-state index in [9.17, 15) is 0 Å². The summed E-state index contributed by atoms with van der Waals surface area (Å²) in [6.07, 6.45) is 0. The van der Waals surface area contributed by atoms with Gasteiger partial charge in [-0.15, -0.1) is 0 Å². The van der Waals surface area contributed by atoms with Crippen LogP contribution in [0.25, 0.3) is 0 Å². The molecular formula is C9H12Cl2N2O. The lowest BCUT2D eigenvalue weighted by atomic mass is 10.2. The number of nitrogens with zero attached hydrogens (tertiary/aromatic N) is 1. The molecule has 0 amide bonds. The summed E-state index contributed by atoms with van der Waals surface area (Å²) in [5, 5.41) is 4.55. The molecule has 1 N–H and O–H groups in total. The van der Waals surface area contributed by atoms with Crippen molar-refractivity contribution in [1.82, 2.24) is 9.88 Å². The lowest BCUT2D eigenvalue weighted by Crippen LogP contribution is -2.45. The molecule has 1 aromatic rings. The minimum absolute atomic E-state index is 0.474. The predicted octanol–water partition coefficient (Wildman–Crippen LogP) is 1.82. The summed E-state index contributed by atoms with van der Waals surface area (Å²) in [5.41, 5.74) is 1.09. The third kappa shape index (κ3) is 1.91. The van der Waals surface area contributed by atoms with E-state index in [-0.39, 0.29) is 0 Å². The van der Waals surface area contributed by atoms with Crippen molar-refractivity contribution in [2.24, 2.45) is 7.05 Å². The molecule has 14 heavy (non-hydrogen) atoms. The summed E-state index contributed by atoms with van der Waals surface area (Å²) in [4.78, 5) is 0. The number of aromatic nitrogens is 1. The zero-order chi connectivity index (χ0) is 10.1. The van der Waals surface area contributed by atoms with Gasteiger partial charge in [0.2, 0.25) is 0 Å². The molecule has 1 aliphatic rings. The zero-order valence-corrected chi connectivity index (χ0v) is 9.40. The Morgan fingerprint density at radius 1 is 1.57 bits per heavy atom. The summed E-state index contributed by atoms with van der Waals surface area (Å²) < 4.78 is 6.95. The summed E-state index contributed by atoms with van der Waals surface area (Å²) in [5.74, 6) is 0. The highest BCUT2D eigenvalue weighted by Crippen LogP contribution is 2.25. The quantitative estimate of drug-likeness (QED) is 0.864. The molecule has 0 unspecified atom stereocenters. The van der Waals surface area contributed by atoms with Crippen LogP contribution in [0.15, 0.2) is 6.07 Å². The van der Waals surface area contributed by atoms with Crippen LogP contribution in [0.1, 0.15) is 5.69 Å². The van der Waals surface area contributed by atoms with Crippen LogP contribution in [0.3, 0.4) is 0 Å². The highest BCUT2D eigenvalue weighted by Gasteiger charge is 2.18. The van der Waals surface area contributed by atoms with Gasteiger partial charge in [-0.3, -0.25) is 0 Å². The van der Waals surface area contributed by atoms with E-state index < -0.39 is 0 Å². The van der Waals surface area contributed by atoms with E-state index in [0.29, 0.717) is 16.2 Å². The summed E-state index contributed by atoms with van der Waals surface area (Å²) in [7, 11) is 1.91. The molecule has 5 heteroatoms. The van der Waals surface area contributed by atoms with Gasteiger partial charge in [-0.05, 0) is 6.07 Å². The molecule has 0 bridgehead atoms. The molecule has 1 saturated heterocycles. The van der Waals surface area contributed by atoms with E-state index in [1.54, 1.807) is 0 Å². The Morgan fingerprint density at radius 2 is 2.29 bits per heavy atom. The SMILES string of the molecule is Cn1c(CNC2COC2)cc(Cl)c1Cl. The Hall–Kier alpha value is -0.220. The van der Waals surface area contributed by atoms with Gasteiger partial charge in [-0.25, -0.2) is 0 Å². The van der Waals surface area contributed by atoms with Crippen LogP contribution in [-0.2, 0) is 18.3 Å². The highest BCUT2D eigenvalue weighted by atomic mass is 35.5. The van der Waals surface area contributed by atoms with Crippen molar-refractivity contribution in [3.8, 4) is 0 Å². The van der Waals surface area contributed by atoms with Gasteiger partial charge < -0.3 is 14.6 Å². The fourth-order valence-electron chi connectivity index (χ4n) is 1.36. The smallest absolute Gasteiger partial charge is 0.127 e. The first-order chi connectivity index (χ1) is 6.68. The number of ether oxygens (including phenoxy) is 1. The van der Waals surface area contributed by atoms with Crippen molar-refractivity contribution in [3.05, 3.63) is 21.9 Å². The zero-order valence-electron chi connectivity index (χ0n) is 7.89. The number of halogens is 2. The van der Waals surface area contributed by atoms with Gasteiger partial charge in [-0.2, -0.15) is 0 Å². The van der Waals surface area contributed by atoms with Crippen molar-refractivity contribution in [2.75, 3.05) is 13.2 Å². The number of nitrogens with one attached hydrogen (secondary N) is 1. The molecule has 0 radical (unpaired) electrons. The monoisotopic (exact) mass is 234 g/mol. The molecule has 0 aromatic carbocycles. The molecule has 0 atom stereocenters. The number of rotatable bonds is 3. The number of hydrogen-bond acceptors (Lipinski definition) is 2. The van der Waals surface area contributed by atoms with Crippen molar-refractivity contribution in [1.29, 1.82) is 0 Å². The molecule has 2 rings (SSSR count). The van der Waals surface area contributed by atoms with Gasteiger partial charge in [0.1, 0.15) is 5.15 Å². The highest BCUT2D eigenvalue weighted by molar-refractivity contribution is 6.41. The topological polar surface area (TPSA) is 26.2 Å². The normalized spacial score (nSPS) is 17.1. The molecule has 1 aliphatic heterocycles. The average molecular weight is 235 g/mol. The minimum atomic E-state index is 0.474. The van der Waals surface area contributed by atoms with Crippen molar-refractivity contribution in [3.63, 3.8) is 0 Å². The molecule has 78 valence electrons. The fourth-order valence-corrected chi connectivity index (χ4v) is 1.78. The van der Waals surface area contributed by atoms with Crippen LogP contribution in [0.2, 0.25) is 10.2 Å². The average Bonchev–Trinajstić information content (AvgIpc) is 2.31. The second-order valence-corrected chi connectivity index (χ2v) is 4.21. The van der Waals surface area contributed by atoms with E-state index in [0.717, 1.165) is 25.5 Å². The van der Waals surface area contributed by atoms with Gasteiger partial charge in [0.15, 0.2) is 0 Å². The fraction of sp³-hybridized carbons (Fsp3) is 0.556. The molecule has 1 aromatic heterocycles. The van der Waals surface area contributed by atoms with Crippen molar-refractivity contribution in [2.45, 2.75) is 12.6 Å².